The molecule has 0 amide bonds. The molecule has 0 unspecified atom stereocenters. The Morgan fingerprint density at radius 3 is 1.80 bits per heavy atom. The van der Waals surface area contributed by atoms with Gasteiger partial charge in [0.2, 0.25) is 0 Å². The first-order valence-corrected chi connectivity index (χ1v) is 21.6. The normalized spacial score (nSPS) is 11.6. The zero-order chi connectivity index (χ0) is 40.3. The quantitative estimate of drug-likeness (QED) is 0.160. The third-order valence-corrected chi connectivity index (χ3v) is 13.3. The van der Waals surface area contributed by atoms with E-state index in [2.05, 4.69) is 217 Å². The summed E-state index contributed by atoms with van der Waals surface area (Å²) in [5, 5.41) is 7.37. The van der Waals surface area contributed by atoms with Gasteiger partial charge in [-0.25, -0.2) is 0 Å². The predicted molar refractivity (Wildman–Crippen MR) is 261 cm³/mol. The van der Waals surface area contributed by atoms with E-state index in [0.29, 0.717) is 0 Å². The number of hydrogen-bond acceptors (Lipinski definition) is 3. The van der Waals surface area contributed by atoms with Crippen molar-refractivity contribution in [1.82, 2.24) is 0 Å². The summed E-state index contributed by atoms with van der Waals surface area (Å²) in [6, 6.07) is 81.3. The van der Waals surface area contributed by atoms with Crippen molar-refractivity contribution in [1.29, 1.82) is 0 Å². The van der Waals surface area contributed by atoms with Crippen molar-refractivity contribution in [2.24, 2.45) is 0 Å². The van der Waals surface area contributed by atoms with E-state index in [1.807, 2.05) is 23.5 Å². The molecular weight excluding hydrogens is 759 g/mol. The largest absolute Gasteiger partial charge is 0.456 e. The number of benzene rings is 10. The first kappa shape index (κ1) is 35.2. The molecule has 0 atom stereocenters. The lowest BCUT2D eigenvalue weighted by Crippen LogP contribution is -2.11. The predicted octanol–water partition coefficient (Wildman–Crippen LogP) is 17.2. The van der Waals surface area contributed by atoms with Crippen molar-refractivity contribution < 1.29 is 4.42 Å². The topological polar surface area (TPSA) is 16.4 Å². The Kier molecular flexibility index (Phi) is 8.39. The molecule has 12 aromatic rings. The van der Waals surface area contributed by atoms with Crippen LogP contribution in [0.2, 0.25) is 0 Å². The summed E-state index contributed by atoms with van der Waals surface area (Å²) < 4.78 is 8.76. The molecule has 0 saturated heterocycles. The van der Waals surface area contributed by atoms with Gasteiger partial charge < -0.3 is 9.32 Å². The van der Waals surface area contributed by atoms with Crippen molar-refractivity contribution in [3.05, 3.63) is 224 Å². The lowest BCUT2D eigenvalue weighted by molar-refractivity contribution is 0.669. The maximum absolute atomic E-state index is 6.16. The second kappa shape index (κ2) is 14.5. The van der Waals surface area contributed by atoms with Crippen LogP contribution in [0.15, 0.2) is 229 Å². The van der Waals surface area contributed by atoms with Crippen LogP contribution in [0.1, 0.15) is 0 Å². The molecule has 0 saturated carbocycles. The van der Waals surface area contributed by atoms with Crippen LogP contribution in [0.5, 0.6) is 0 Å². The van der Waals surface area contributed by atoms with Gasteiger partial charge in [0.1, 0.15) is 11.2 Å². The smallest absolute Gasteiger partial charge is 0.135 e. The fraction of sp³-hybridized carbons (Fsp3) is 0. The van der Waals surface area contributed by atoms with Crippen LogP contribution in [0.4, 0.5) is 17.1 Å². The Morgan fingerprint density at radius 1 is 0.328 bits per heavy atom. The molecule has 0 fully saturated rings. The number of nitrogens with zero attached hydrogens (tertiary/aromatic N) is 1. The highest BCUT2D eigenvalue weighted by atomic mass is 32.1. The highest BCUT2D eigenvalue weighted by molar-refractivity contribution is 7.26. The van der Waals surface area contributed by atoms with Crippen LogP contribution < -0.4 is 4.90 Å². The molecule has 0 spiro atoms. The molecule has 2 aromatic heterocycles. The summed E-state index contributed by atoms with van der Waals surface area (Å²) in [6.45, 7) is 0. The average molecular weight is 796 g/mol. The SMILES string of the molecule is c1cc(-c2ccc(-c3cccc4ccccc34)cc2)cc(N(c2ccc(-c3ccc4oc5ccccc5c4c3)cc2)c2ccccc2-c2cccc3c2sc2ccccc23)c1. The number of furan rings is 1. The average Bonchev–Trinajstić information content (AvgIpc) is 3.90. The van der Waals surface area contributed by atoms with Gasteiger partial charge in [-0.15, -0.1) is 11.3 Å². The second-order valence-electron chi connectivity index (χ2n) is 15.6. The Balaban J connectivity index is 0.985. The molecule has 2 nitrogen and oxygen atoms in total. The van der Waals surface area contributed by atoms with Crippen molar-refractivity contribution >= 4 is 81.3 Å². The van der Waals surface area contributed by atoms with Crippen molar-refractivity contribution in [2.75, 3.05) is 4.90 Å². The van der Waals surface area contributed by atoms with E-state index in [4.69, 9.17) is 4.42 Å². The van der Waals surface area contributed by atoms with Gasteiger partial charge in [0.15, 0.2) is 0 Å². The molecule has 286 valence electrons. The van der Waals surface area contributed by atoms with Crippen LogP contribution in [0, 0.1) is 0 Å². The number of hydrogen-bond donors (Lipinski definition) is 0. The monoisotopic (exact) mass is 795 g/mol. The molecule has 0 aliphatic rings. The van der Waals surface area contributed by atoms with Gasteiger partial charge in [-0.2, -0.15) is 0 Å². The summed E-state index contributed by atoms with van der Waals surface area (Å²) >= 11 is 1.87. The van der Waals surface area contributed by atoms with E-state index in [-0.39, 0.29) is 0 Å². The Bertz CT molecular complexity index is 3590. The van der Waals surface area contributed by atoms with Crippen molar-refractivity contribution in [2.45, 2.75) is 0 Å². The Morgan fingerprint density at radius 2 is 0.918 bits per heavy atom. The maximum atomic E-state index is 6.16. The summed E-state index contributed by atoms with van der Waals surface area (Å²) in [4.78, 5) is 2.42. The third-order valence-electron chi connectivity index (χ3n) is 12.1. The maximum Gasteiger partial charge on any atom is 0.135 e. The number of anilines is 3. The summed E-state index contributed by atoms with van der Waals surface area (Å²) in [7, 11) is 0. The lowest BCUT2D eigenvalue weighted by atomic mass is 9.96. The zero-order valence-electron chi connectivity index (χ0n) is 33.1. The number of rotatable bonds is 7. The van der Waals surface area contributed by atoms with E-state index in [1.165, 1.54) is 58.8 Å². The number of fused-ring (bicyclic) bond motifs is 7. The van der Waals surface area contributed by atoms with Gasteiger partial charge in [0.05, 0.1) is 5.69 Å². The molecule has 12 rings (SSSR count). The number of para-hydroxylation sites is 2. The molecule has 61 heavy (non-hydrogen) atoms. The van der Waals surface area contributed by atoms with Crippen LogP contribution in [-0.2, 0) is 0 Å². The van der Waals surface area contributed by atoms with E-state index in [1.54, 1.807) is 0 Å². The molecule has 0 aliphatic heterocycles. The van der Waals surface area contributed by atoms with Gasteiger partial charge in [-0.05, 0) is 98.8 Å². The van der Waals surface area contributed by atoms with Gasteiger partial charge in [0, 0.05) is 53.4 Å². The Labute approximate surface area is 357 Å². The minimum absolute atomic E-state index is 0.904. The summed E-state index contributed by atoms with van der Waals surface area (Å²) in [5.41, 5.74) is 14.6. The molecule has 10 aromatic carbocycles. The molecule has 3 heteroatoms. The van der Waals surface area contributed by atoms with E-state index < -0.39 is 0 Å². The molecule has 0 aliphatic carbocycles. The highest BCUT2D eigenvalue weighted by Crippen LogP contribution is 2.47. The fourth-order valence-electron chi connectivity index (χ4n) is 9.14. The van der Waals surface area contributed by atoms with Gasteiger partial charge >= 0.3 is 0 Å². The minimum atomic E-state index is 0.904. The standard InChI is InChI=1S/C58H37NOS/c1-2-16-46-40(12-1)13-10-20-47(46)41-28-26-38(27-29-41)42-14-9-15-45(36-42)59(44-33-30-39(31-34-44)43-32-35-56-53(37-43)49-18-4-7-24-55(49)60-56)54-23-6-3-17-48(54)51-21-11-22-52-50-19-5-8-25-57(50)61-58(51)52/h1-37H. The molecule has 2 heterocycles. The van der Waals surface area contributed by atoms with E-state index >= 15 is 0 Å². The molecule has 0 N–H and O–H groups in total. The van der Waals surface area contributed by atoms with Crippen molar-refractivity contribution in [3.8, 4) is 44.5 Å². The first-order valence-electron chi connectivity index (χ1n) is 20.7. The van der Waals surface area contributed by atoms with Crippen LogP contribution >= 0.6 is 11.3 Å². The fourth-order valence-corrected chi connectivity index (χ4v) is 10.4. The zero-order valence-corrected chi connectivity index (χ0v) is 33.9. The minimum Gasteiger partial charge on any atom is -0.456 e. The van der Waals surface area contributed by atoms with Gasteiger partial charge in [-0.3, -0.25) is 0 Å². The summed E-state index contributed by atoms with van der Waals surface area (Å²) in [6.07, 6.45) is 0. The first-order chi connectivity index (χ1) is 30.2. The molecule has 0 bridgehead atoms. The molecular formula is C58H37NOS. The van der Waals surface area contributed by atoms with Crippen molar-refractivity contribution in [3.63, 3.8) is 0 Å². The van der Waals surface area contributed by atoms with Gasteiger partial charge in [-0.1, -0.05) is 170 Å². The number of thiophene rings is 1. The van der Waals surface area contributed by atoms with Crippen LogP contribution in [-0.4, -0.2) is 0 Å². The van der Waals surface area contributed by atoms with E-state index in [0.717, 1.165) is 55.7 Å². The Hall–Kier alpha value is -7.72. The van der Waals surface area contributed by atoms with Crippen LogP contribution in [0.3, 0.4) is 0 Å². The van der Waals surface area contributed by atoms with E-state index in [9.17, 15) is 0 Å². The second-order valence-corrected chi connectivity index (χ2v) is 16.7. The van der Waals surface area contributed by atoms with Crippen LogP contribution in [0.25, 0.3) is 97.4 Å². The van der Waals surface area contributed by atoms with Gasteiger partial charge in [0.25, 0.3) is 0 Å². The third kappa shape index (κ3) is 6.09. The lowest BCUT2D eigenvalue weighted by Gasteiger charge is -2.28. The summed E-state index contributed by atoms with van der Waals surface area (Å²) in [5.74, 6) is 0. The molecule has 0 radical (unpaired) electrons. The highest BCUT2D eigenvalue weighted by Gasteiger charge is 2.20.